The fraction of sp³-hybridized carbons (Fsp3) is 0.412. The maximum Gasteiger partial charge on any atom is 0.311 e. The number of rotatable bonds is 4. The molecule has 0 bridgehead atoms. The fourth-order valence-corrected chi connectivity index (χ4v) is 2.99. The van der Waals surface area contributed by atoms with Crippen LogP contribution in [0.5, 0.6) is 0 Å². The first-order valence-corrected chi connectivity index (χ1v) is 7.95. The van der Waals surface area contributed by atoms with E-state index in [-0.39, 0.29) is 18.1 Å². The second-order valence-corrected chi connectivity index (χ2v) is 6.48. The molecule has 1 aromatic carbocycles. The smallest absolute Gasteiger partial charge is 0.311 e. The van der Waals surface area contributed by atoms with Gasteiger partial charge in [-0.05, 0) is 25.3 Å². The summed E-state index contributed by atoms with van der Waals surface area (Å²) in [5, 5.41) is 17.3. The molecule has 7 nitrogen and oxygen atoms in total. The molecular formula is C17H20N4O3. The van der Waals surface area contributed by atoms with E-state index < -0.39 is 11.4 Å². The van der Waals surface area contributed by atoms with Gasteiger partial charge in [0.25, 0.3) is 5.91 Å². The number of carbonyl (C=O) groups excluding carboxylic acids is 1. The van der Waals surface area contributed by atoms with Crippen molar-refractivity contribution < 1.29 is 14.7 Å². The van der Waals surface area contributed by atoms with Crippen LogP contribution < -0.4 is 0 Å². The molecule has 1 aromatic heterocycles. The summed E-state index contributed by atoms with van der Waals surface area (Å²) in [6, 6.07) is 9.78. The van der Waals surface area contributed by atoms with Crippen molar-refractivity contribution in [3.63, 3.8) is 0 Å². The van der Waals surface area contributed by atoms with Gasteiger partial charge in [-0.25, -0.2) is 4.68 Å². The fourth-order valence-electron chi connectivity index (χ4n) is 2.99. The van der Waals surface area contributed by atoms with Crippen LogP contribution in [0.2, 0.25) is 0 Å². The van der Waals surface area contributed by atoms with Crippen LogP contribution in [-0.2, 0) is 11.3 Å². The van der Waals surface area contributed by atoms with Crippen molar-refractivity contribution in [2.45, 2.75) is 26.3 Å². The molecule has 2 aromatic rings. The third-order valence-corrected chi connectivity index (χ3v) is 4.45. The van der Waals surface area contributed by atoms with Crippen LogP contribution in [-0.4, -0.2) is 50.0 Å². The second-order valence-electron chi connectivity index (χ2n) is 6.48. The Kier molecular flexibility index (Phi) is 4.33. The van der Waals surface area contributed by atoms with E-state index in [2.05, 4.69) is 10.3 Å². The quantitative estimate of drug-likeness (QED) is 0.922. The summed E-state index contributed by atoms with van der Waals surface area (Å²) >= 11 is 0. The van der Waals surface area contributed by atoms with Crippen LogP contribution in [0.3, 0.4) is 0 Å². The minimum atomic E-state index is -0.895. The second kappa shape index (κ2) is 6.43. The summed E-state index contributed by atoms with van der Waals surface area (Å²) in [6.07, 6.45) is 2.86. The molecule has 0 saturated carbocycles. The number of nitrogens with zero attached hydrogens (tertiary/aromatic N) is 4. The molecule has 1 N–H and O–H groups in total. The Morgan fingerprint density at radius 1 is 1.29 bits per heavy atom. The van der Waals surface area contributed by atoms with Crippen LogP contribution in [0, 0.1) is 5.41 Å². The standard InChI is InChI=1S/C17H20N4O3/c1-17(16(23)24)8-5-9-20(12-17)15(22)14-11-21(19-18-14)10-13-6-3-2-4-7-13/h2-4,6-7,11H,5,8-10,12H2,1H3,(H,23,24). The molecular weight excluding hydrogens is 308 g/mol. The number of piperidine rings is 1. The summed E-state index contributed by atoms with van der Waals surface area (Å²) in [7, 11) is 0. The van der Waals surface area contributed by atoms with E-state index in [1.165, 1.54) is 0 Å². The van der Waals surface area contributed by atoms with Gasteiger partial charge < -0.3 is 10.0 Å². The van der Waals surface area contributed by atoms with Crippen molar-refractivity contribution in [2.75, 3.05) is 13.1 Å². The van der Waals surface area contributed by atoms with Gasteiger partial charge in [0.15, 0.2) is 5.69 Å². The Labute approximate surface area is 139 Å². The van der Waals surface area contributed by atoms with E-state index in [0.717, 1.165) is 5.56 Å². The molecule has 126 valence electrons. The topological polar surface area (TPSA) is 88.3 Å². The number of carboxylic acid groups (broad SMARTS) is 1. The van der Waals surface area contributed by atoms with E-state index in [9.17, 15) is 14.7 Å². The lowest BCUT2D eigenvalue weighted by Gasteiger charge is -2.37. The third-order valence-electron chi connectivity index (χ3n) is 4.45. The Balaban J connectivity index is 1.70. The van der Waals surface area contributed by atoms with Crippen LogP contribution in [0.15, 0.2) is 36.5 Å². The summed E-state index contributed by atoms with van der Waals surface area (Å²) in [5.74, 6) is -1.13. The number of likely N-dealkylation sites (tertiary alicyclic amines) is 1. The molecule has 7 heteroatoms. The number of amides is 1. The van der Waals surface area contributed by atoms with Gasteiger partial charge in [-0.1, -0.05) is 35.5 Å². The van der Waals surface area contributed by atoms with Crippen molar-refractivity contribution in [2.24, 2.45) is 5.41 Å². The number of aromatic nitrogens is 3. The maximum absolute atomic E-state index is 12.6. The van der Waals surface area contributed by atoms with Gasteiger partial charge >= 0.3 is 5.97 Å². The number of hydrogen-bond donors (Lipinski definition) is 1. The molecule has 1 unspecified atom stereocenters. The Morgan fingerprint density at radius 3 is 2.75 bits per heavy atom. The molecule has 3 rings (SSSR count). The highest BCUT2D eigenvalue weighted by atomic mass is 16.4. The van der Waals surface area contributed by atoms with Crippen LogP contribution >= 0.6 is 0 Å². The lowest BCUT2D eigenvalue weighted by molar-refractivity contribution is -0.150. The Bertz CT molecular complexity index is 743. The van der Waals surface area contributed by atoms with E-state index in [0.29, 0.717) is 25.9 Å². The van der Waals surface area contributed by atoms with E-state index in [4.69, 9.17) is 0 Å². The average molecular weight is 328 g/mol. The molecule has 24 heavy (non-hydrogen) atoms. The van der Waals surface area contributed by atoms with Gasteiger partial charge in [0.1, 0.15) is 0 Å². The first-order valence-electron chi connectivity index (χ1n) is 7.95. The minimum Gasteiger partial charge on any atom is -0.481 e. The van der Waals surface area contributed by atoms with Crippen molar-refractivity contribution >= 4 is 11.9 Å². The highest BCUT2D eigenvalue weighted by Crippen LogP contribution is 2.30. The zero-order valence-corrected chi connectivity index (χ0v) is 13.6. The molecule has 0 aliphatic carbocycles. The van der Waals surface area contributed by atoms with Gasteiger partial charge in [0, 0.05) is 13.1 Å². The van der Waals surface area contributed by atoms with Gasteiger partial charge in [-0.2, -0.15) is 0 Å². The van der Waals surface area contributed by atoms with E-state index in [1.54, 1.807) is 22.7 Å². The molecule has 1 amide bonds. The summed E-state index contributed by atoms with van der Waals surface area (Å²) in [5.41, 5.74) is 0.423. The Hall–Kier alpha value is -2.70. The molecule has 0 radical (unpaired) electrons. The van der Waals surface area contributed by atoms with Crippen molar-refractivity contribution in [1.82, 2.24) is 19.9 Å². The SMILES string of the molecule is CC1(C(=O)O)CCCN(C(=O)c2cn(Cc3ccccc3)nn2)C1. The normalized spacial score (nSPS) is 20.8. The van der Waals surface area contributed by atoms with Crippen molar-refractivity contribution in [1.29, 1.82) is 0 Å². The minimum absolute atomic E-state index is 0.201. The van der Waals surface area contributed by atoms with Crippen molar-refractivity contribution in [3.8, 4) is 0 Å². The first kappa shape index (κ1) is 16.2. The molecule has 1 aliphatic heterocycles. The molecule has 1 aliphatic rings. The van der Waals surface area contributed by atoms with Gasteiger partial charge in [-0.3, -0.25) is 9.59 Å². The largest absolute Gasteiger partial charge is 0.481 e. The third kappa shape index (κ3) is 3.29. The molecule has 1 atom stereocenters. The summed E-state index contributed by atoms with van der Waals surface area (Å²) < 4.78 is 1.61. The zero-order valence-electron chi connectivity index (χ0n) is 13.6. The molecule has 0 spiro atoms. The summed E-state index contributed by atoms with van der Waals surface area (Å²) in [6.45, 7) is 2.97. The first-order chi connectivity index (χ1) is 11.5. The average Bonchev–Trinajstić information content (AvgIpc) is 3.03. The monoisotopic (exact) mass is 328 g/mol. The Morgan fingerprint density at radius 2 is 2.04 bits per heavy atom. The highest BCUT2D eigenvalue weighted by Gasteiger charge is 2.39. The molecule has 1 fully saturated rings. The van der Waals surface area contributed by atoms with Crippen molar-refractivity contribution in [3.05, 3.63) is 47.8 Å². The van der Waals surface area contributed by atoms with E-state index >= 15 is 0 Å². The number of carbonyl (C=O) groups is 2. The zero-order chi connectivity index (χ0) is 17.2. The maximum atomic E-state index is 12.6. The lowest BCUT2D eigenvalue weighted by Crippen LogP contribution is -2.48. The predicted octanol–water partition coefficient (Wildman–Crippen LogP) is 1.65. The number of carboxylic acids is 1. The number of aliphatic carboxylic acids is 1. The predicted molar refractivity (Wildman–Crippen MR) is 86.4 cm³/mol. The van der Waals surface area contributed by atoms with Crippen LogP contribution in [0.1, 0.15) is 35.8 Å². The van der Waals surface area contributed by atoms with Gasteiger partial charge in [0.05, 0.1) is 18.2 Å². The van der Waals surface area contributed by atoms with Crippen LogP contribution in [0.25, 0.3) is 0 Å². The summed E-state index contributed by atoms with van der Waals surface area (Å²) in [4.78, 5) is 25.6. The number of benzene rings is 1. The van der Waals surface area contributed by atoms with Gasteiger partial charge in [0.2, 0.25) is 0 Å². The molecule has 1 saturated heterocycles. The highest BCUT2D eigenvalue weighted by molar-refractivity contribution is 5.92. The van der Waals surface area contributed by atoms with Crippen LogP contribution in [0.4, 0.5) is 0 Å². The van der Waals surface area contributed by atoms with E-state index in [1.807, 2.05) is 30.3 Å². The molecule has 2 heterocycles. The number of hydrogen-bond acceptors (Lipinski definition) is 4. The van der Waals surface area contributed by atoms with Gasteiger partial charge in [-0.15, -0.1) is 5.10 Å². The lowest BCUT2D eigenvalue weighted by atomic mass is 9.82.